The van der Waals surface area contributed by atoms with Gasteiger partial charge in [0, 0.05) is 46.0 Å². The first-order valence-corrected chi connectivity index (χ1v) is 9.02. The number of nitriles is 1. The number of rotatable bonds is 5. The number of aryl methyl sites for hydroxylation is 1. The van der Waals surface area contributed by atoms with Crippen LogP contribution in [0.15, 0.2) is 30.7 Å². The zero-order chi connectivity index (χ0) is 17.8. The summed E-state index contributed by atoms with van der Waals surface area (Å²) in [6, 6.07) is 8.65. The summed E-state index contributed by atoms with van der Waals surface area (Å²) in [6.07, 6.45) is 4.99. The predicted octanol–water partition coefficient (Wildman–Crippen LogP) is 2.81. The van der Waals surface area contributed by atoms with Crippen LogP contribution in [0.4, 0.5) is 5.69 Å². The van der Waals surface area contributed by atoms with Gasteiger partial charge in [-0.15, -0.1) is 0 Å². The van der Waals surface area contributed by atoms with E-state index >= 15 is 0 Å². The first-order chi connectivity index (χ1) is 12.0. The fourth-order valence-electron chi connectivity index (χ4n) is 3.46. The van der Waals surface area contributed by atoms with E-state index in [4.69, 9.17) is 0 Å². The Morgan fingerprint density at radius 1 is 1.20 bits per heavy atom. The van der Waals surface area contributed by atoms with Crippen LogP contribution >= 0.6 is 0 Å². The number of nitrogens with zero attached hydrogens (tertiary/aromatic N) is 5. The molecule has 25 heavy (non-hydrogen) atoms. The third kappa shape index (κ3) is 4.40. The Hall–Kier alpha value is -2.32. The summed E-state index contributed by atoms with van der Waals surface area (Å²) in [5.41, 5.74) is 4.32. The Kier molecular flexibility index (Phi) is 5.40. The van der Waals surface area contributed by atoms with E-state index in [0.29, 0.717) is 5.92 Å². The van der Waals surface area contributed by atoms with Gasteiger partial charge in [-0.2, -0.15) is 5.26 Å². The summed E-state index contributed by atoms with van der Waals surface area (Å²) in [6.45, 7) is 9.25. The van der Waals surface area contributed by atoms with Gasteiger partial charge >= 0.3 is 0 Å². The molecule has 132 valence electrons. The van der Waals surface area contributed by atoms with Crippen LogP contribution in [0, 0.1) is 17.2 Å². The second kappa shape index (κ2) is 7.71. The van der Waals surface area contributed by atoms with Gasteiger partial charge in [0.1, 0.15) is 6.07 Å². The van der Waals surface area contributed by atoms with Gasteiger partial charge < -0.3 is 9.47 Å². The van der Waals surface area contributed by atoms with Crippen LogP contribution in [-0.4, -0.2) is 40.6 Å². The summed E-state index contributed by atoms with van der Waals surface area (Å²) >= 11 is 0. The lowest BCUT2D eigenvalue weighted by molar-refractivity contribution is 0.247. The fraction of sp³-hybridized carbons (Fsp3) is 0.500. The highest BCUT2D eigenvalue weighted by molar-refractivity contribution is 5.61. The van der Waals surface area contributed by atoms with E-state index in [1.54, 1.807) is 0 Å². The molecule has 0 N–H and O–H groups in total. The standard InChI is InChI=1S/C20H27N5/c1-16(2)10-17-4-5-18(12-21)20(11-17)25-8-6-24(7-9-25)14-19-13-23(3)15-22-19/h4-5,11,13,15-16H,6-10,14H2,1-3H3. The number of piperazine rings is 1. The zero-order valence-electron chi connectivity index (χ0n) is 15.4. The largest absolute Gasteiger partial charge is 0.368 e. The zero-order valence-corrected chi connectivity index (χ0v) is 15.4. The molecule has 5 nitrogen and oxygen atoms in total. The van der Waals surface area contributed by atoms with Crippen molar-refractivity contribution in [2.45, 2.75) is 26.8 Å². The van der Waals surface area contributed by atoms with Crippen molar-refractivity contribution in [1.29, 1.82) is 5.26 Å². The lowest BCUT2D eigenvalue weighted by Crippen LogP contribution is -2.46. The maximum atomic E-state index is 9.47. The normalized spacial score (nSPS) is 15.6. The smallest absolute Gasteiger partial charge is 0.101 e. The first-order valence-electron chi connectivity index (χ1n) is 9.02. The number of aromatic nitrogens is 2. The second-order valence-corrected chi connectivity index (χ2v) is 7.35. The number of anilines is 1. The Morgan fingerprint density at radius 2 is 1.96 bits per heavy atom. The number of hydrogen-bond donors (Lipinski definition) is 0. The lowest BCUT2D eigenvalue weighted by atomic mass is 10.00. The molecule has 1 aliphatic rings. The second-order valence-electron chi connectivity index (χ2n) is 7.35. The molecule has 0 saturated carbocycles. The van der Waals surface area contributed by atoms with Crippen LogP contribution in [-0.2, 0) is 20.0 Å². The van der Waals surface area contributed by atoms with E-state index in [1.807, 2.05) is 24.0 Å². The molecule has 0 unspecified atom stereocenters. The third-order valence-corrected chi connectivity index (χ3v) is 4.68. The van der Waals surface area contributed by atoms with Crippen LogP contribution in [0.3, 0.4) is 0 Å². The Labute approximate surface area is 150 Å². The fourth-order valence-corrected chi connectivity index (χ4v) is 3.46. The minimum absolute atomic E-state index is 0.621. The molecule has 2 heterocycles. The Morgan fingerprint density at radius 3 is 2.56 bits per heavy atom. The maximum Gasteiger partial charge on any atom is 0.101 e. The molecular formula is C20H27N5. The van der Waals surface area contributed by atoms with Crippen LogP contribution < -0.4 is 4.90 Å². The van der Waals surface area contributed by atoms with Crippen LogP contribution in [0.25, 0.3) is 0 Å². The SMILES string of the molecule is CC(C)Cc1ccc(C#N)c(N2CCN(Cc3cn(C)cn3)CC2)c1. The van der Waals surface area contributed by atoms with Crippen molar-refractivity contribution in [3.63, 3.8) is 0 Å². The van der Waals surface area contributed by atoms with Gasteiger partial charge in [0.2, 0.25) is 0 Å². The molecule has 1 fully saturated rings. The van der Waals surface area contributed by atoms with Crippen molar-refractivity contribution in [2.24, 2.45) is 13.0 Å². The quantitative estimate of drug-likeness (QED) is 0.842. The molecule has 0 bridgehead atoms. The molecule has 0 atom stereocenters. The number of benzene rings is 1. The van der Waals surface area contributed by atoms with Gasteiger partial charge in [-0.3, -0.25) is 4.90 Å². The summed E-state index contributed by atoms with van der Waals surface area (Å²) < 4.78 is 1.99. The van der Waals surface area contributed by atoms with Crippen molar-refractivity contribution in [1.82, 2.24) is 14.5 Å². The highest BCUT2D eigenvalue weighted by atomic mass is 15.3. The minimum atomic E-state index is 0.621. The van der Waals surface area contributed by atoms with E-state index in [1.165, 1.54) is 5.56 Å². The van der Waals surface area contributed by atoms with E-state index in [0.717, 1.165) is 56.1 Å². The van der Waals surface area contributed by atoms with Crippen LogP contribution in [0.5, 0.6) is 0 Å². The van der Waals surface area contributed by atoms with Gasteiger partial charge in [-0.05, 0) is 30.0 Å². The maximum absolute atomic E-state index is 9.47. The molecule has 1 aliphatic heterocycles. The van der Waals surface area contributed by atoms with Crippen LogP contribution in [0.2, 0.25) is 0 Å². The Balaban J connectivity index is 1.66. The summed E-state index contributed by atoms with van der Waals surface area (Å²) in [5.74, 6) is 0.621. The molecule has 1 aromatic heterocycles. The Bertz CT molecular complexity index is 748. The van der Waals surface area contributed by atoms with Crippen LogP contribution in [0.1, 0.15) is 30.7 Å². The van der Waals surface area contributed by atoms with Crippen molar-refractivity contribution < 1.29 is 0 Å². The molecule has 2 aromatic rings. The molecule has 0 spiro atoms. The summed E-state index contributed by atoms with van der Waals surface area (Å²) in [5, 5.41) is 9.47. The molecular weight excluding hydrogens is 310 g/mol. The molecule has 3 rings (SSSR count). The first kappa shape index (κ1) is 17.5. The molecule has 0 radical (unpaired) electrons. The highest BCUT2D eigenvalue weighted by Gasteiger charge is 2.20. The predicted molar refractivity (Wildman–Crippen MR) is 100 cm³/mol. The lowest BCUT2D eigenvalue weighted by Gasteiger charge is -2.36. The van der Waals surface area contributed by atoms with Crippen molar-refractivity contribution in [3.05, 3.63) is 47.5 Å². The molecule has 1 saturated heterocycles. The van der Waals surface area contributed by atoms with Gasteiger partial charge in [-0.25, -0.2) is 4.98 Å². The number of imidazole rings is 1. The average Bonchev–Trinajstić information content (AvgIpc) is 3.00. The van der Waals surface area contributed by atoms with Gasteiger partial charge in [0.25, 0.3) is 0 Å². The molecule has 1 aromatic carbocycles. The topological polar surface area (TPSA) is 48.1 Å². The summed E-state index contributed by atoms with van der Waals surface area (Å²) in [4.78, 5) is 9.21. The third-order valence-electron chi connectivity index (χ3n) is 4.68. The van der Waals surface area contributed by atoms with Crippen molar-refractivity contribution in [3.8, 4) is 6.07 Å². The molecule has 0 amide bonds. The van der Waals surface area contributed by atoms with Crippen molar-refractivity contribution >= 4 is 5.69 Å². The van der Waals surface area contributed by atoms with E-state index in [2.05, 4.69) is 53.0 Å². The van der Waals surface area contributed by atoms with E-state index in [9.17, 15) is 5.26 Å². The molecule has 5 heteroatoms. The molecule has 0 aliphatic carbocycles. The monoisotopic (exact) mass is 337 g/mol. The van der Waals surface area contributed by atoms with Gasteiger partial charge in [0.05, 0.1) is 23.3 Å². The van der Waals surface area contributed by atoms with E-state index in [-0.39, 0.29) is 0 Å². The van der Waals surface area contributed by atoms with E-state index < -0.39 is 0 Å². The van der Waals surface area contributed by atoms with Crippen molar-refractivity contribution in [2.75, 3.05) is 31.1 Å². The van der Waals surface area contributed by atoms with Gasteiger partial charge in [0.15, 0.2) is 0 Å². The van der Waals surface area contributed by atoms with Gasteiger partial charge in [-0.1, -0.05) is 19.9 Å². The minimum Gasteiger partial charge on any atom is -0.368 e. The highest BCUT2D eigenvalue weighted by Crippen LogP contribution is 2.25. The summed E-state index contributed by atoms with van der Waals surface area (Å²) in [7, 11) is 2.00. The average molecular weight is 337 g/mol. The number of hydrogen-bond acceptors (Lipinski definition) is 4.